The van der Waals surface area contributed by atoms with Gasteiger partial charge in [0.15, 0.2) is 0 Å². The normalized spacial score (nSPS) is 21.1. The first-order valence-electron chi connectivity index (χ1n) is 5.73. The van der Waals surface area contributed by atoms with Crippen molar-refractivity contribution in [3.63, 3.8) is 0 Å². The first-order valence-corrected chi connectivity index (χ1v) is 5.73. The van der Waals surface area contributed by atoms with Gasteiger partial charge in [-0.2, -0.15) is 0 Å². The summed E-state index contributed by atoms with van der Waals surface area (Å²) >= 11 is 0. The smallest absolute Gasteiger partial charge is 0.0706 e. The van der Waals surface area contributed by atoms with E-state index in [0.717, 1.165) is 30.8 Å². The summed E-state index contributed by atoms with van der Waals surface area (Å²) in [5, 5.41) is 8.06. The number of hydrogen-bond donors (Lipinski definition) is 2. The molecule has 3 rings (SSSR count). The number of benzene rings is 1. The van der Waals surface area contributed by atoms with E-state index in [9.17, 15) is 0 Å². The van der Waals surface area contributed by atoms with Crippen molar-refractivity contribution in [1.29, 1.82) is 0 Å². The highest BCUT2D eigenvalue weighted by atomic mass is 15.1. The number of pyridine rings is 1. The molecule has 16 heavy (non-hydrogen) atoms. The number of nitrogens with zero attached hydrogens (tertiary/aromatic N) is 1. The lowest BCUT2D eigenvalue weighted by molar-refractivity contribution is 0.424. The van der Waals surface area contributed by atoms with Crippen molar-refractivity contribution >= 4 is 10.9 Å². The first kappa shape index (κ1) is 9.75. The number of rotatable bonds is 1. The third-order valence-corrected chi connectivity index (χ3v) is 3.02. The van der Waals surface area contributed by atoms with Crippen LogP contribution >= 0.6 is 0 Å². The van der Waals surface area contributed by atoms with Crippen LogP contribution in [0.5, 0.6) is 0 Å². The number of aromatic nitrogens is 1. The van der Waals surface area contributed by atoms with Crippen LogP contribution in [0.4, 0.5) is 0 Å². The van der Waals surface area contributed by atoms with Gasteiger partial charge in [-0.15, -0.1) is 0 Å². The highest BCUT2D eigenvalue weighted by Crippen LogP contribution is 2.16. The Morgan fingerprint density at radius 2 is 2.00 bits per heavy atom. The van der Waals surface area contributed by atoms with Crippen molar-refractivity contribution in [3.8, 4) is 0 Å². The van der Waals surface area contributed by atoms with Crippen molar-refractivity contribution in [2.24, 2.45) is 0 Å². The molecule has 82 valence electrons. The van der Waals surface area contributed by atoms with Crippen LogP contribution in [-0.4, -0.2) is 24.6 Å². The molecule has 1 aromatic carbocycles. The van der Waals surface area contributed by atoms with Crippen molar-refractivity contribution in [3.05, 3.63) is 42.1 Å². The van der Waals surface area contributed by atoms with Crippen LogP contribution in [0.3, 0.4) is 0 Å². The molecule has 0 spiro atoms. The number of hydrogen-bond acceptors (Lipinski definition) is 3. The van der Waals surface area contributed by atoms with Gasteiger partial charge in [0.2, 0.25) is 0 Å². The second kappa shape index (κ2) is 4.20. The van der Waals surface area contributed by atoms with Gasteiger partial charge in [0.1, 0.15) is 0 Å². The molecule has 0 unspecified atom stereocenters. The zero-order valence-corrected chi connectivity index (χ0v) is 9.11. The van der Waals surface area contributed by atoms with Crippen LogP contribution in [0.1, 0.15) is 11.7 Å². The molecule has 3 heteroatoms. The molecule has 3 nitrogen and oxygen atoms in total. The molecule has 1 aliphatic rings. The van der Waals surface area contributed by atoms with E-state index in [1.54, 1.807) is 0 Å². The minimum atomic E-state index is 0.346. The molecular formula is C13H15N3. The largest absolute Gasteiger partial charge is 0.314 e. The predicted octanol–water partition coefficient (Wildman–Crippen LogP) is 1.47. The Morgan fingerprint density at radius 1 is 1.06 bits per heavy atom. The Labute approximate surface area is 94.9 Å². The van der Waals surface area contributed by atoms with E-state index >= 15 is 0 Å². The van der Waals surface area contributed by atoms with E-state index in [1.807, 2.05) is 12.1 Å². The highest BCUT2D eigenvalue weighted by Gasteiger charge is 2.15. The number of nitrogens with one attached hydrogen (secondary N) is 2. The molecule has 0 amide bonds. The second-order valence-electron chi connectivity index (χ2n) is 4.14. The maximum Gasteiger partial charge on any atom is 0.0706 e. The third-order valence-electron chi connectivity index (χ3n) is 3.02. The van der Waals surface area contributed by atoms with Crippen LogP contribution in [0.25, 0.3) is 10.9 Å². The molecule has 1 aliphatic heterocycles. The molecule has 1 saturated heterocycles. The van der Waals surface area contributed by atoms with Gasteiger partial charge in [0.25, 0.3) is 0 Å². The van der Waals surface area contributed by atoms with Gasteiger partial charge in [-0.05, 0) is 12.1 Å². The topological polar surface area (TPSA) is 37.0 Å². The average Bonchev–Trinajstić information content (AvgIpc) is 2.39. The lowest BCUT2D eigenvalue weighted by Gasteiger charge is -2.24. The molecule has 0 bridgehead atoms. The van der Waals surface area contributed by atoms with Crippen LogP contribution in [-0.2, 0) is 0 Å². The van der Waals surface area contributed by atoms with Gasteiger partial charge in [-0.1, -0.05) is 24.3 Å². The van der Waals surface area contributed by atoms with Crippen molar-refractivity contribution in [1.82, 2.24) is 15.6 Å². The molecule has 0 radical (unpaired) electrons. The van der Waals surface area contributed by atoms with Gasteiger partial charge in [0, 0.05) is 25.0 Å². The van der Waals surface area contributed by atoms with E-state index in [4.69, 9.17) is 4.98 Å². The molecule has 1 aromatic heterocycles. The summed E-state index contributed by atoms with van der Waals surface area (Å²) in [7, 11) is 0. The van der Waals surface area contributed by atoms with Gasteiger partial charge < -0.3 is 10.6 Å². The van der Waals surface area contributed by atoms with Gasteiger partial charge in [-0.3, -0.25) is 4.98 Å². The number of fused-ring (bicyclic) bond motifs is 1. The molecule has 1 fully saturated rings. The SMILES string of the molecule is c1ccc2nc([C@@H]3CNCCN3)ccc2c1. The predicted molar refractivity (Wildman–Crippen MR) is 65.4 cm³/mol. The molecule has 2 heterocycles. The lowest BCUT2D eigenvalue weighted by atomic mass is 10.1. The summed E-state index contributed by atoms with van der Waals surface area (Å²) in [6.07, 6.45) is 0. The zero-order valence-electron chi connectivity index (χ0n) is 9.11. The van der Waals surface area contributed by atoms with Crippen molar-refractivity contribution < 1.29 is 0 Å². The van der Waals surface area contributed by atoms with Crippen LogP contribution in [0.2, 0.25) is 0 Å². The minimum Gasteiger partial charge on any atom is -0.314 e. The zero-order chi connectivity index (χ0) is 10.8. The van der Waals surface area contributed by atoms with E-state index < -0.39 is 0 Å². The monoisotopic (exact) mass is 213 g/mol. The third kappa shape index (κ3) is 1.79. The van der Waals surface area contributed by atoms with Crippen LogP contribution < -0.4 is 10.6 Å². The molecule has 1 atom stereocenters. The highest BCUT2D eigenvalue weighted by molar-refractivity contribution is 5.78. The summed E-state index contributed by atoms with van der Waals surface area (Å²) in [6.45, 7) is 3.02. The standard InChI is InChI=1S/C13H15N3/c1-2-4-11-10(3-1)5-6-12(16-11)13-9-14-7-8-15-13/h1-6,13-15H,7-9H2/t13-/m0/s1. The summed E-state index contributed by atoms with van der Waals surface area (Å²) in [4.78, 5) is 4.70. The van der Waals surface area contributed by atoms with Crippen LogP contribution in [0, 0.1) is 0 Å². The summed E-state index contributed by atoms with van der Waals surface area (Å²) in [5.74, 6) is 0. The summed E-state index contributed by atoms with van der Waals surface area (Å²) < 4.78 is 0. The van der Waals surface area contributed by atoms with E-state index in [2.05, 4.69) is 34.9 Å². The molecule has 0 saturated carbocycles. The molecular weight excluding hydrogens is 198 g/mol. The quantitative estimate of drug-likeness (QED) is 0.753. The Morgan fingerprint density at radius 3 is 2.88 bits per heavy atom. The van der Waals surface area contributed by atoms with Gasteiger partial charge in [0.05, 0.1) is 17.3 Å². The van der Waals surface area contributed by atoms with E-state index in [1.165, 1.54) is 5.39 Å². The average molecular weight is 213 g/mol. The van der Waals surface area contributed by atoms with Crippen molar-refractivity contribution in [2.45, 2.75) is 6.04 Å². The molecule has 2 N–H and O–H groups in total. The fraction of sp³-hybridized carbons (Fsp3) is 0.308. The second-order valence-corrected chi connectivity index (χ2v) is 4.14. The maximum atomic E-state index is 4.70. The van der Waals surface area contributed by atoms with Crippen molar-refractivity contribution in [2.75, 3.05) is 19.6 Å². The Hall–Kier alpha value is -1.45. The van der Waals surface area contributed by atoms with E-state index in [0.29, 0.717) is 6.04 Å². The summed E-state index contributed by atoms with van der Waals surface area (Å²) in [5.41, 5.74) is 2.21. The van der Waals surface area contributed by atoms with Gasteiger partial charge in [-0.25, -0.2) is 0 Å². The Balaban J connectivity index is 1.97. The fourth-order valence-electron chi connectivity index (χ4n) is 2.14. The summed E-state index contributed by atoms with van der Waals surface area (Å²) in [6, 6.07) is 12.9. The number of para-hydroxylation sites is 1. The minimum absolute atomic E-state index is 0.346. The number of piperazine rings is 1. The molecule has 2 aromatic rings. The Bertz CT molecular complexity index is 489. The fourth-order valence-corrected chi connectivity index (χ4v) is 2.14. The Kier molecular flexibility index (Phi) is 2.56. The first-order chi connectivity index (χ1) is 7.93. The van der Waals surface area contributed by atoms with Crippen LogP contribution in [0.15, 0.2) is 36.4 Å². The van der Waals surface area contributed by atoms with E-state index in [-0.39, 0.29) is 0 Å². The molecule has 0 aliphatic carbocycles. The van der Waals surface area contributed by atoms with Gasteiger partial charge >= 0.3 is 0 Å². The lowest BCUT2D eigenvalue weighted by Crippen LogP contribution is -2.42. The maximum absolute atomic E-state index is 4.70.